The largest absolute Gasteiger partial charge is 0.373 e. The molecule has 0 aromatic heterocycles. The third-order valence-electron chi connectivity index (χ3n) is 2.25. The summed E-state index contributed by atoms with van der Waals surface area (Å²) in [5, 5.41) is 0. The topological polar surface area (TPSA) is 38.5 Å². The van der Waals surface area contributed by atoms with Crippen LogP contribution in [-0.4, -0.2) is 49.2 Å². The molecule has 0 spiro atoms. The zero-order valence-corrected chi connectivity index (χ0v) is 8.67. The molecule has 1 fully saturated rings. The van der Waals surface area contributed by atoms with Gasteiger partial charge in [-0.2, -0.15) is 0 Å². The van der Waals surface area contributed by atoms with Gasteiger partial charge in [0.1, 0.15) is 0 Å². The maximum atomic E-state index is 13.0. The van der Waals surface area contributed by atoms with Crippen molar-refractivity contribution < 1.29 is 13.5 Å². The molecule has 2 N–H and O–H groups in total. The van der Waals surface area contributed by atoms with Gasteiger partial charge in [-0.05, 0) is 13.8 Å². The standard InChI is InChI=1S/C9H18F2N2O/c1-7-3-13(4-8(2)14-7)6-9(10,11)5-12/h7-8H,3-6,12H2,1-2H3. The molecule has 1 heterocycles. The number of halogens is 2. The van der Waals surface area contributed by atoms with E-state index in [1.165, 1.54) is 0 Å². The number of nitrogens with two attached hydrogens (primary N) is 1. The van der Waals surface area contributed by atoms with Gasteiger partial charge in [0.05, 0.1) is 25.3 Å². The van der Waals surface area contributed by atoms with Crippen LogP contribution in [0.3, 0.4) is 0 Å². The van der Waals surface area contributed by atoms with E-state index in [9.17, 15) is 8.78 Å². The van der Waals surface area contributed by atoms with Crippen LogP contribution in [0, 0.1) is 0 Å². The lowest BCUT2D eigenvalue weighted by Gasteiger charge is -2.36. The van der Waals surface area contributed by atoms with Gasteiger partial charge < -0.3 is 10.5 Å². The second kappa shape index (κ2) is 4.51. The van der Waals surface area contributed by atoms with Crippen LogP contribution in [0.4, 0.5) is 8.78 Å². The van der Waals surface area contributed by atoms with E-state index in [-0.39, 0.29) is 18.8 Å². The summed E-state index contributed by atoms with van der Waals surface area (Å²) >= 11 is 0. The van der Waals surface area contributed by atoms with Crippen molar-refractivity contribution in [3.63, 3.8) is 0 Å². The Morgan fingerprint density at radius 1 is 1.36 bits per heavy atom. The molecule has 0 aromatic rings. The maximum Gasteiger partial charge on any atom is 0.272 e. The van der Waals surface area contributed by atoms with Crippen molar-refractivity contribution in [3.05, 3.63) is 0 Å². The van der Waals surface area contributed by atoms with Gasteiger partial charge in [-0.25, -0.2) is 8.78 Å². The Hall–Kier alpha value is -0.260. The molecule has 0 saturated carbocycles. The fraction of sp³-hybridized carbons (Fsp3) is 1.00. The highest BCUT2D eigenvalue weighted by Crippen LogP contribution is 2.17. The molecule has 5 heteroatoms. The molecule has 2 unspecified atom stereocenters. The molecule has 0 radical (unpaired) electrons. The Bertz CT molecular complexity index is 180. The van der Waals surface area contributed by atoms with E-state index in [4.69, 9.17) is 10.5 Å². The average molecular weight is 208 g/mol. The van der Waals surface area contributed by atoms with Crippen LogP contribution in [0.2, 0.25) is 0 Å². The lowest BCUT2D eigenvalue weighted by molar-refractivity contribution is -0.0998. The summed E-state index contributed by atoms with van der Waals surface area (Å²) < 4.78 is 31.4. The molecule has 84 valence electrons. The predicted molar refractivity (Wildman–Crippen MR) is 50.5 cm³/mol. The summed E-state index contributed by atoms with van der Waals surface area (Å²) in [4.78, 5) is 1.71. The number of morpholine rings is 1. The third-order valence-corrected chi connectivity index (χ3v) is 2.25. The number of hydrogen-bond acceptors (Lipinski definition) is 3. The predicted octanol–water partition coefficient (Wildman–Crippen LogP) is 0.690. The first-order valence-electron chi connectivity index (χ1n) is 4.88. The van der Waals surface area contributed by atoms with Crippen molar-refractivity contribution in [2.24, 2.45) is 5.73 Å². The van der Waals surface area contributed by atoms with E-state index >= 15 is 0 Å². The number of rotatable bonds is 3. The molecule has 14 heavy (non-hydrogen) atoms. The molecule has 1 saturated heterocycles. The Kier molecular flexibility index (Phi) is 3.80. The highest BCUT2D eigenvalue weighted by atomic mass is 19.3. The van der Waals surface area contributed by atoms with E-state index in [0.717, 1.165) is 0 Å². The Morgan fingerprint density at radius 3 is 2.29 bits per heavy atom. The van der Waals surface area contributed by atoms with Crippen molar-refractivity contribution in [2.75, 3.05) is 26.2 Å². The van der Waals surface area contributed by atoms with Crippen LogP contribution in [0.1, 0.15) is 13.8 Å². The average Bonchev–Trinajstić information content (AvgIpc) is 2.01. The summed E-state index contributed by atoms with van der Waals surface area (Å²) in [6.45, 7) is 4.04. The van der Waals surface area contributed by atoms with E-state index < -0.39 is 12.5 Å². The minimum Gasteiger partial charge on any atom is -0.373 e. The molecule has 0 bridgehead atoms. The molecule has 0 aromatic carbocycles. The van der Waals surface area contributed by atoms with Crippen molar-refractivity contribution in [1.82, 2.24) is 4.90 Å². The van der Waals surface area contributed by atoms with Crippen LogP contribution < -0.4 is 5.73 Å². The van der Waals surface area contributed by atoms with E-state index in [0.29, 0.717) is 13.1 Å². The van der Waals surface area contributed by atoms with Gasteiger partial charge in [-0.1, -0.05) is 0 Å². The Morgan fingerprint density at radius 2 is 1.86 bits per heavy atom. The maximum absolute atomic E-state index is 13.0. The summed E-state index contributed by atoms with van der Waals surface area (Å²) in [7, 11) is 0. The van der Waals surface area contributed by atoms with E-state index in [1.54, 1.807) is 4.90 Å². The molecular weight excluding hydrogens is 190 g/mol. The highest BCUT2D eigenvalue weighted by molar-refractivity contribution is 4.79. The van der Waals surface area contributed by atoms with Crippen molar-refractivity contribution in [1.29, 1.82) is 0 Å². The quantitative estimate of drug-likeness (QED) is 0.741. The second-order valence-corrected chi connectivity index (χ2v) is 4.01. The zero-order chi connectivity index (χ0) is 10.8. The lowest BCUT2D eigenvalue weighted by atomic mass is 10.2. The monoisotopic (exact) mass is 208 g/mol. The van der Waals surface area contributed by atoms with Crippen molar-refractivity contribution in [3.8, 4) is 0 Å². The molecule has 0 amide bonds. The number of ether oxygens (including phenoxy) is 1. The van der Waals surface area contributed by atoms with Gasteiger partial charge >= 0.3 is 0 Å². The zero-order valence-electron chi connectivity index (χ0n) is 8.67. The first kappa shape index (κ1) is 11.8. The first-order valence-corrected chi connectivity index (χ1v) is 4.88. The summed E-state index contributed by atoms with van der Waals surface area (Å²) in [6.07, 6.45) is 0.0413. The second-order valence-electron chi connectivity index (χ2n) is 4.01. The van der Waals surface area contributed by atoms with Gasteiger partial charge in [0.2, 0.25) is 0 Å². The van der Waals surface area contributed by atoms with Crippen LogP contribution in [0.5, 0.6) is 0 Å². The molecule has 3 nitrogen and oxygen atoms in total. The smallest absolute Gasteiger partial charge is 0.272 e. The SMILES string of the molecule is CC1CN(CC(F)(F)CN)CC(C)O1. The minimum absolute atomic E-state index is 0.0207. The van der Waals surface area contributed by atoms with Crippen LogP contribution in [0.15, 0.2) is 0 Å². The molecule has 1 aliphatic rings. The van der Waals surface area contributed by atoms with E-state index in [1.807, 2.05) is 13.8 Å². The molecule has 1 aliphatic heterocycles. The van der Waals surface area contributed by atoms with E-state index in [2.05, 4.69) is 0 Å². The van der Waals surface area contributed by atoms with Crippen LogP contribution in [-0.2, 0) is 4.74 Å². The number of alkyl halides is 2. The van der Waals surface area contributed by atoms with Crippen LogP contribution in [0.25, 0.3) is 0 Å². The lowest BCUT2D eigenvalue weighted by Crippen LogP contribution is -2.51. The number of nitrogens with zero attached hydrogens (tertiary/aromatic N) is 1. The molecular formula is C9H18F2N2O. The Labute approximate surface area is 83.2 Å². The van der Waals surface area contributed by atoms with Gasteiger partial charge in [0.25, 0.3) is 5.92 Å². The number of hydrogen-bond donors (Lipinski definition) is 1. The van der Waals surface area contributed by atoms with Gasteiger partial charge in [-0.15, -0.1) is 0 Å². The van der Waals surface area contributed by atoms with Crippen LogP contribution >= 0.6 is 0 Å². The summed E-state index contributed by atoms with van der Waals surface area (Å²) in [6, 6.07) is 0. The summed E-state index contributed by atoms with van der Waals surface area (Å²) in [5.74, 6) is -2.78. The van der Waals surface area contributed by atoms with Gasteiger partial charge in [0, 0.05) is 13.1 Å². The molecule has 2 atom stereocenters. The van der Waals surface area contributed by atoms with Crippen molar-refractivity contribution >= 4 is 0 Å². The van der Waals surface area contributed by atoms with Gasteiger partial charge in [-0.3, -0.25) is 4.90 Å². The Balaban J connectivity index is 2.44. The fourth-order valence-corrected chi connectivity index (χ4v) is 1.81. The normalized spacial score (nSPS) is 30.6. The fourth-order valence-electron chi connectivity index (χ4n) is 1.81. The molecule has 1 rings (SSSR count). The molecule has 0 aliphatic carbocycles. The van der Waals surface area contributed by atoms with Crippen molar-refractivity contribution in [2.45, 2.75) is 32.0 Å². The van der Waals surface area contributed by atoms with Gasteiger partial charge in [0.15, 0.2) is 0 Å². The highest BCUT2D eigenvalue weighted by Gasteiger charge is 2.33. The minimum atomic E-state index is -2.78. The summed E-state index contributed by atoms with van der Waals surface area (Å²) in [5.41, 5.74) is 4.98. The first-order chi connectivity index (χ1) is 6.43. The third kappa shape index (κ3) is 3.48.